The molecule has 1 unspecified atom stereocenters. The summed E-state index contributed by atoms with van der Waals surface area (Å²) < 4.78 is 0. The highest BCUT2D eigenvalue weighted by Gasteiger charge is 2.30. The minimum atomic E-state index is -0.0725. The van der Waals surface area contributed by atoms with Gasteiger partial charge in [0, 0.05) is 30.1 Å². The lowest BCUT2D eigenvalue weighted by Crippen LogP contribution is -2.24. The molecule has 20 heavy (non-hydrogen) atoms. The Bertz CT molecular complexity index is 677. The predicted octanol–water partition coefficient (Wildman–Crippen LogP) is 2.09. The van der Waals surface area contributed by atoms with E-state index in [-0.39, 0.29) is 29.5 Å². The highest BCUT2D eigenvalue weighted by Crippen LogP contribution is 2.27. The van der Waals surface area contributed by atoms with E-state index in [1.165, 1.54) is 12.1 Å². The van der Waals surface area contributed by atoms with Crippen molar-refractivity contribution in [1.82, 2.24) is 0 Å². The molecule has 7 heteroatoms. The van der Waals surface area contributed by atoms with Gasteiger partial charge in [-0.2, -0.15) is 10.5 Å². The second-order valence-electron chi connectivity index (χ2n) is 4.44. The predicted molar refractivity (Wildman–Crippen MR) is 70.3 cm³/mol. The molecule has 1 aromatic rings. The lowest BCUT2D eigenvalue weighted by molar-refractivity contribution is -0.117. The normalized spacial score (nSPS) is 17.2. The van der Waals surface area contributed by atoms with Gasteiger partial charge in [0.25, 0.3) is 0 Å². The quantitative estimate of drug-likeness (QED) is 0.473. The Morgan fingerprint density at radius 2 is 2.15 bits per heavy atom. The topological polar surface area (TPSA) is 117 Å². The van der Waals surface area contributed by atoms with E-state index in [9.17, 15) is 4.79 Å². The van der Waals surface area contributed by atoms with Crippen molar-refractivity contribution in [2.24, 2.45) is 11.0 Å². The minimum Gasteiger partial charge on any atom is -0.312 e. The monoisotopic (exact) mass is 266 g/mol. The molecule has 1 saturated heterocycles. The molecule has 0 aliphatic carbocycles. The summed E-state index contributed by atoms with van der Waals surface area (Å²) in [5, 5.41) is 21.3. The van der Waals surface area contributed by atoms with Crippen LogP contribution in [-0.2, 0) is 4.79 Å². The van der Waals surface area contributed by atoms with E-state index in [1.807, 2.05) is 12.1 Å². The molecule has 1 aliphatic heterocycles. The van der Waals surface area contributed by atoms with Gasteiger partial charge in [-0.05, 0) is 29.6 Å². The SMILES string of the molecule is N#Cc1ccc(N2CC(CN=[N+]=[N-])CC2=O)cc1C#N. The van der Waals surface area contributed by atoms with Gasteiger partial charge in [-0.25, -0.2) is 0 Å². The average Bonchev–Trinajstić information content (AvgIpc) is 2.85. The van der Waals surface area contributed by atoms with Gasteiger partial charge in [-0.3, -0.25) is 4.79 Å². The molecule has 0 spiro atoms. The van der Waals surface area contributed by atoms with E-state index in [0.717, 1.165) is 0 Å². The first-order valence-electron chi connectivity index (χ1n) is 5.95. The van der Waals surface area contributed by atoms with Gasteiger partial charge >= 0.3 is 0 Å². The second-order valence-corrected chi connectivity index (χ2v) is 4.44. The Morgan fingerprint density at radius 1 is 1.40 bits per heavy atom. The highest BCUT2D eigenvalue weighted by molar-refractivity contribution is 5.96. The maximum atomic E-state index is 11.9. The van der Waals surface area contributed by atoms with Crippen molar-refractivity contribution in [3.63, 3.8) is 0 Å². The molecule has 1 fully saturated rings. The summed E-state index contributed by atoms with van der Waals surface area (Å²) in [6, 6.07) is 8.58. The van der Waals surface area contributed by atoms with E-state index in [4.69, 9.17) is 16.1 Å². The molecule has 1 aliphatic rings. The molecular formula is C13H10N6O. The summed E-state index contributed by atoms with van der Waals surface area (Å²) >= 11 is 0. The number of hydrogen-bond acceptors (Lipinski definition) is 4. The summed E-state index contributed by atoms with van der Waals surface area (Å²) in [5.74, 6) is -0.0867. The fourth-order valence-electron chi connectivity index (χ4n) is 2.20. The number of anilines is 1. The van der Waals surface area contributed by atoms with E-state index >= 15 is 0 Å². The van der Waals surface area contributed by atoms with Crippen molar-refractivity contribution in [3.05, 3.63) is 39.8 Å². The smallest absolute Gasteiger partial charge is 0.227 e. The van der Waals surface area contributed by atoms with Gasteiger partial charge in [0.1, 0.15) is 12.1 Å². The number of nitriles is 2. The van der Waals surface area contributed by atoms with Crippen LogP contribution in [0.2, 0.25) is 0 Å². The third-order valence-electron chi connectivity index (χ3n) is 3.16. The van der Waals surface area contributed by atoms with Crippen LogP contribution in [0, 0.1) is 28.6 Å². The summed E-state index contributed by atoms with van der Waals surface area (Å²) in [5.41, 5.74) is 9.42. The number of azide groups is 1. The van der Waals surface area contributed by atoms with E-state index < -0.39 is 0 Å². The van der Waals surface area contributed by atoms with Crippen molar-refractivity contribution in [2.45, 2.75) is 6.42 Å². The van der Waals surface area contributed by atoms with Gasteiger partial charge in [0.05, 0.1) is 11.1 Å². The zero-order valence-corrected chi connectivity index (χ0v) is 10.5. The molecule has 98 valence electrons. The van der Waals surface area contributed by atoms with Crippen molar-refractivity contribution < 1.29 is 4.79 Å². The molecule has 2 rings (SSSR count). The Hall–Kier alpha value is -3.02. The molecule has 1 aromatic carbocycles. The van der Waals surface area contributed by atoms with Gasteiger partial charge < -0.3 is 4.90 Å². The van der Waals surface area contributed by atoms with Gasteiger partial charge in [-0.1, -0.05) is 5.11 Å². The van der Waals surface area contributed by atoms with E-state index in [1.54, 1.807) is 11.0 Å². The zero-order chi connectivity index (χ0) is 14.5. The van der Waals surface area contributed by atoms with Crippen LogP contribution in [0.3, 0.4) is 0 Å². The fourth-order valence-corrected chi connectivity index (χ4v) is 2.20. The van der Waals surface area contributed by atoms with Crippen molar-refractivity contribution in [1.29, 1.82) is 10.5 Å². The summed E-state index contributed by atoms with van der Waals surface area (Å²) in [6.45, 7) is 0.731. The molecule has 0 radical (unpaired) electrons. The Kier molecular flexibility index (Phi) is 3.85. The first-order valence-corrected chi connectivity index (χ1v) is 5.95. The number of rotatable bonds is 3. The van der Waals surface area contributed by atoms with Crippen molar-refractivity contribution in [3.8, 4) is 12.1 Å². The van der Waals surface area contributed by atoms with Crippen LogP contribution in [0.5, 0.6) is 0 Å². The van der Waals surface area contributed by atoms with Crippen LogP contribution in [0.1, 0.15) is 17.5 Å². The van der Waals surface area contributed by atoms with Crippen LogP contribution in [0.15, 0.2) is 23.3 Å². The number of carbonyl (C=O) groups excluding carboxylic acids is 1. The Labute approximate surface area is 115 Å². The summed E-state index contributed by atoms with van der Waals surface area (Å²) in [6.07, 6.45) is 0.320. The maximum absolute atomic E-state index is 11.9. The maximum Gasteiger partial charge on any atom is 0.227 e. The standard InChI is InChI=1S/C13H10N6O/c14-5-10-1-2-12(4-11(10)6-15)19-8-9(3-13(19)20)7-17-18-16/h1-2,4,9H,3,7-8H2. The lowest BCUT2D eigenvalue weighted by Gasteiger charge is -2.16. The highest BCUT2D eigenvalue weighted by atomic mass is 16.2. The molecule has 1 amide bonds. The van der Waals surface area contributed by atoms with Crippen LogP contribution in [-0.4, -0.2) is 19.0 Å². The molecule has 1 heterocycles. The summed E-state index contributed by atoms with van der Waals surface area (Å²) in [4.78, 5) is 16.2. The Morgan fingerprint density at radius 3 is 2.80 bits per heavy atom. The van der Waals surface area contributed by atoms with Crippen LogP contribution in [0.25, 0.3) is 10.4 Å². The van der Waals surface area contributed by atoms with Gasteiger partial charge in [0.2, 0.25) is 5.91 Å². The second kappa shape index (κ2) is 5.75. The Balaban J connectivity index is 2.25. The van der Waals surface area contributed by atoms with Crippen LogP contribution in [0.4, 0.5) is 5.69 Å². The first kappa shape index (κ1) is 13.4. The van der Waals surface area contributed by atoms with Crippen LogP contribution < -0.4 is 4.90 Å². The molecular weight excluding hydrogens is 256 g/mol. The van der Waals surface area contributed by atoms with E-state index in [0.29, 0.717) is 18.7 Å². The number of amides is 1. The fraction of sp³-hybridized carbons (Fsp3) is 0.308. The summed E-state index contributed by atoms with van der Waals surface area (Å²) in [7, 11) is 0. The molecule has 0 bridgehead atoms. The third kappa shape index (κ3) is 2.54. The van der Waals surface area contributed by atoms with Gasteiger partial charge in [-0.15, -0.1) is 0 Å². The molecule has 1 atom stereocenters. The number of benzene rings is 1. The van der Waals surface area contributed by atoms with Gasteiger partial charge in [0.15, 0.2) is 0 Å². The number of nitrogens with zero attached hydrogens (tertiary/aromatic N) is 6. The van der Waals surface area contributed by atoms with Crippen molar-refractivity contribution >= 4 is 11.6 Å². The lowest BCUT2D eigenvalue weighted by atomic mass is 10.1. The molecule has 0 aromatic heterocycles. The molecule has 7 nitrogen and oxygen atoms in total. The molecule has 0 saturated carbocycles. The van der Waals surface area contributed by atoms with E-state index in [2.05, 4.69) is 10.0 Å². The number of carbonyl (C=O) groups is 1. The number of hydrogen-bond donors (Lipinski definition) is 0. The molecule has 0 N–H and O–H groups in total. The van der Waals surface area contributed by atoms with Crippen LogP contribution >= 0.6 is 0 Å². The minimum absolute atomic E-state index is 0.0143. The average molecular weight is 266 g/mol. The van der Waals surface area contributed by atoms with Crippen molar-refractivity contribution in [2.75, 3.05) is 18.0 Å². The zero-order valence-electron chi connectivity index (χ0n) is 10.5. The third-order valence-corrected chi connectivity index (χ3v) is 3.16. The first-order chi connectivity index (χ1) is 9.69. The largest absolute Gasteiger partial charge is 0.312 e.